The van der Waals surface area contributed by atoms with Gasteiger partial charge in [-0.05, 0) is 30.3 Å². The Morgan fingerprint density at radius 1 is 1.21 bits per heavy atom. The van der Waals surface area contributed by atoms with Crippen LogP contribution in [-0.4, -0.2) is 18.1 Å². The second-order valence-electron chi connectivity index (χ2n) is 4.08. The Labute approximate surface area is 116 Å². The predicted molar refractivity (Wildman–Crippen MR) is 77.3 cm³/mol. The summed E-state index contributed by atoms with van der Waals surface area (Å²) in [5, 5.41) is 9.74. The van der Waals surface area contributed by atoms with E-state index in [4.69, 9.17) is 17.3 Å². The van der Waals surface area contributed by atoms with Crippen molar-refractivity contribution in [3.8, 4) is 0 Å². The van der Waals surface area contributed by atoms with Crippen molar-refractivity contribution in [3.63, 3.8) is 0 Å². The van der Waals surface area contributed by atoms with Gasteiger partial charge in [-0.1, -0.05) is 23.7 Å². The molecule has 0 unspecified atom stereocenters. The van der Waals surface area contributed by atoms with Crippen molar-refractivity contribution in [1.82, 2.24) is 0 Å². The van der Waals surface area contributed by atoms with Gasteiger partial charge in [0.2, 0.25) is 0 Å². The normalized spacial score (nSPS) is 10.2. The van der Waals surface area contributed by atoms with Gasteiger partial charge < -0.3 is 15.7 Å². The SMILES string of the molecule is CN(c1ccc(Cl)cc1N)c1ccccc1C(=O)O. The van der Waals surface area contributed by atoms with Gasteiger partial charge in [0.05, 0.1) is 22.6 Å². The highest BCUT2D eigenvalue weighted by atomic mass is 35.5. The van der Waals surface area contributed by atoms with Crippen molar-refractivity contribution >= 4 is 34.6 Å². The maximum atomic E-state index is 11.2. The molecule has 0 bridgehead atoms. The Hall–Kier alpha value is -2.20. The smallest absolute Gasteiger partial charge is 0.337 e. The molecule has 19 heavy (non-hydrogen) atoms. The summed E-state index contributed by atoms with van der Waals surface area (Å²) in [5.74, 6) is -0.977. The fourth-order valence-corrected chi connectivity index (χ4v) is 2.09. The lowest BCUT2D eigenvalue weighted by molar-refractivity contribution is 0.0697. The van der Waals surface area contributed by atoms with Crippen molar-refractivity contribution < 1.29 is 9.90 Å². The number of nitrogen functional groups attached to an aromatic ring is 1. The maximum absolute atomic E-state index is 11.2. The van der Waals surface area contributed by atoms with E-state index in [0.717, 1.165) is 0 Å². The molecular formula is C14H13ClN2O2. The largest absolute Gasteiger partial charge is 0.478 e. The Bertz CT molecular complexity index is 629. The highest BCUT2D eigenvalue weighted by molar-refractivity contribution is 6.31. The number of carbonyl (C=O) groups is 1. The molecule has 0 saturated carbocycles. The predicted octanol–water partition coefficient (Wildman–Crippen LogP) is 3.39. The molecule has 0 amide bonds. The fraction of sp³-hybridized carbons (Fsp3) is 0.0714. The third-order valence-corrected chi connectivity index (χ3v) is 3.08. The molecule has 4 nitrogen and oxygen atoms in total. The minimum absolute atomic E-state index is 0.222. The van der Waals surface area contributed by atoms with Crippen LogP contribution in [0.4, 0.5) is 17.1 Å². The molecule has 0 heterocycles. The van der Waals surface area contributed by atoms with Gasteiger partial charge in [-0.25, -0.2) is 4.79 Å². The molecule has 0 radical (unpaired) electrons. The number of carboxylic acids is 1. The topological polar surface area (TPSA) is 66.6 Å². The Kier molecular flexibility index (Phi) is 3.62. The molecule has 0 aliphatic rings. The average molecular weight is 277 g/mol. The Morgan fingerprint density at radius 3 is 2.53 bits per heavy atom. The van der Waals surface area contributed by atoms with Crippen molar-refractivity contribution in [2.75, 3.05) is 17.7 Å². The molecule has 2 aromatic carbocycles. The lowest BCUT2D eigenvalue weighted by Gasteiger charge is -2.23. The maximum Gasteiger partial charge on any atom is 0.337 e. The third kappa shape index (κ3) is 2.63. The first-order chi connectivity index (χ1) is 9.00. The van der Waals surface area contributed by atoms with Crippen LogP contribution in [0.3, 0.4) is 0 Å². The summed E-state index contributed by atoms with van der Waals surface area (Å²) in [4.78, 5) is 12.9. The average Bonchev–Trinajstić information content (AvgIpc) is 2.38. The molecule has 0 saturated heterocycles. The van der Waals surface area contributed by atoms with Crippen LogP contribution >= 0.6 is 11.6 Å². The van der Waals surface area contributed by atoms with Gasteiger partial charge in [0.1, 0.15) is 0 Å². The van der Waals surface area contributed by atoms with Crippen molar-refractivity contribution in [3.05, 3.63) is 53.1 Å². The molecular weight excluding hydrogens is 264 g/mol. The molecule has 98 valence electrons. The van der Waals surface area contributed by atoms with Gasteiger partial charge in [-0.2, -0.15) is 0 Å². The molecule has 0 spiro atoms. The molecule has 0 aliphatic carbocycles. The number of hydrogen-bond donors (Lipinski definition) is 2. The van der Waals surface area contributed by atoms with E-state index in [-0.39, 0.29) is 5.56 Å². The molecule has 0 atom stereocenters. The lowest BCUT2D eigenvalue weighted by Crippen LogP contribution is -2.15. The van der Waals surface area contributed by atoms with Gasteiger partial charge in [-0.15, -0.1) is 0 Å². The first-order valence-electron chi connectivity index (χ1n) is 5.62. The third-order valence-electron chi connectivity index (χ3n) is 2.85. The van der Waals surface area contributed by atoms with E-state index in [1.165, 1.54) is 0 Å². The van der Waals surface area contributed by atoms with E-state index in [0.29, 0.717) is 22.1 Å². The van der Waals surface area contributed by atoms with Crippen LogP contribution in [0, 0.1) is 0 Å². The molecule has 2 rings (SSSR count). The minimum Gasteiger partial charge on any atom is -0.478 e. The molecule has 2 aromatic rings. The number of carboxylic acid groups (broad SMARTS) is 1. The van der Waals surface area contributed by atoms with Crippen LogP contribution in [0.25, 0.3) is 0 Å². The molecule has 0 aromatic heterocycles. The highest BCUT2D eigenvalue weighted by Crippen LogP contribution is 2.32. The first kappa shape index (κ1) is 13.2. The highest BCUT2D eigenvalue weighted by Gasteiger charge is 2.15. The first-order valence-corrected chi connectivity index (χ1v) is 5.99. The second kappa shape index (κ2) is 5.20. The zero-order chi connectivity index (χ0) is 14.0. The molecule has 0 aliphatic heterocycles. The number of aromatic carboxylic acids is 1. The molecule has 3 N–H and O–H groups in total. The summed E-state index contributed by atoms with van der Waals surface area (Å²) >= 11 is 5.86. The summed E-state index contributed by atoms with van der Waals surface area (Å²) < 4.78 is 0. The minimum atomic E-state index is -0.977. The summed E-state index contributed by atoms with van der Waals surface area (Å²) in [7, 11) is 1.77. The summed E-state index contributed by atoms with van der Waals surface area (Å²) in [6, 6.07) is 11.9. The molecule has 0 fully saturated rings. The summed E-state index contributed by atoms with van der Waals surface area (Å²) in [6.45, 7) is 0. The summed E-state index contributed by atoms with van der Waals surface area (Å²) in [5.41, 5.74) is 7.91. The number of para-hydroxylation sites is 1. The van der Waals surface area contributed by atoms with E-state index in [1.54, 1.807) is 54.4 Å². The van der Waals surface area contributed by atoms with Crippen LogP contribution in [0.2, 0.25) is 5.02 Å². The monoisotopic (exact) mass is 276 g/mol. The van der Waals surface area contributed by atoms with Gasteiger partial charge in [-0.3, -0.25) is 0 Å². The Balaban J connectivity index is 2.50. The quantitative estimate of drug-likeness (QED) is 0.843. The number of nitrogens with zero attached hydrogens (tertiary/aromatic N) is 1. The van der Waals surface area contributed by atoms with E-state index in [9.17, 15) is 9.90 Å². The van der Waals surface area contributed by atoms with E-state index >= 15 is 0 Å². The lowest BCUT2D eigenvalue weighted by atomic mass is 10.1. The van der Waals surface area contributed by atoms with Gasteiger partial charge in [0.15, 0.2) is 0 Å². The van der Waals surface area contributed by atoms with E-state index in [2.05, 4.69) is 0 Å². The zero-order valence-corrected chi connectivity index (χ0v) is 11.1. The van der Waals surface area contributed by atoms with Crippen LogP contribution < -0.4 is 10.6 Å². The molecule has 5 heteroatoms. The van der Waals surface area contributed by atoms with E-state index < -0.39 is 5.97 Å². The number of nitrogens with two attached hydrogens (primary N) is 1. The van der Waals surface area contributed by atoms with Crippen molar-refractivity contribution in [2.24, 2.45) is 0 Å². The van der Waals surface area contributed by atoms with Crippen LogP contribution in [0.15, 0.2) is 42.5 Å². The van der Waals surface area contributed by atoms with Crippen LogP contribution in [-0.2, 0) is 0 Å². The number of benzene rings is 2. The number of anilines is 3. The van der Waals surface area contributed by atoms with Gasteiger partial charge in [0, 0.05) is 12.1 Å². The second-order valence-corrected chi connectivity index (χ2v) is 4.52. The van der Waals surface area contributed by atoms with Gasteiger partial charge in [0.25, 0.3) is 0 Å². The van der Waals surface area contributed by atoms with Gasteiger partial charge >= 0.3 is 5.97 Å². The number of rotatable bonds is 3. The van der Waals surface area contributed by atoms with Crippen molar-refractivity contribution in [2.45, 2.75) is 0 Å². The zero-order valence-electron chi connectivity index (χ0n) is 10.3. The van der Waals surface area contributed by atoms with E-state index in [1.807, 2.05) is 0 Å². The Morgan fingerprint density at radius 2 is 1.89 bits per heavy atom. The standard InChI is InChI=1S/C14H13ClN2O2/c1-17(13-7-6-9(15)8-11(13)16)12-5-3-2-4-10(12)14(18)19/h2-8H,16H2,1H3,(H,18,19). The van der Waals surface area contributed by atoms with Crippen molar-refractivity contribution in [1.29, 1.82) is 0 Å². The fourth-order valence-electron chi connectivity index (χ4n) is 1.91. The van der Waals surface area contributed by atoms with Crippen LogP contribution in [0.5, 0.6) is 0 Å². The number of halogens is 1. The number of hydrogen-bond acceptors (Lipinski definition) is 3. The summed E-state index contributed by atoms with van der Waals surface area (Å²) in [6.07, 6.45) is 0. The van der Waals surface area contributed by atoms with Crippen LogP contribution in [0.1, 0.15) is 10.4 Å².